The second kappa shape index (κ2) is 6.14. The summed E-state index contributed by atoms with van der Waals surface area (Å²) in [6.07, 6.45) is 1.48. The molecule has 0 saturated heterocycles. The third kappa shape index (κ3) is 3.26. The minimum atomic E-state index is -0.236. The first-order valence-electron chi connectivity index (χ1n) is 6.92. The summed E-state index contributed by atoms with van der Waals surface area (Å²) in [5.41, 5.74) is 1.87. The fourth-order valence-corrected chi connectivity index (χ4v) is 3.42. The molecule has 0 aliphatic carbocycles. The molecule has 3 rings (SSSR count). The average molecular weight is 353 g/mol. The molecule has 0 aromatic heterocycles. The van der Waals surface area contributed by atoms with Crippen molar-refractivity contribution >= 4 is 15.9 Å². The maximum absolute atomic E-state index is 13.3. The number of benzene rings is 2. The molecule has 0 spiro atoms. The van der Waals surface area contributed by atoms with Crippen molar-refractivity contribution in [3.05, 3.63) is 65.2 Å². The number of hydrogen-bond donors (Lipinski definition) is 0. The summed E-state index contributed by atoms with van der Waals surface area (Å²) in [4.78, 5) is 0. The van der Waals surface area contributed by atoms with E-state index in [0.717, 1.165) is 28.6 Å². The van der Waals surface area contributed by atoms with Gasteiger partial charge in [0.2, 0.25) is 0 Å². The van der Waals surface area contributed by atoms with Crippen LogP contribution < -0.4 is 4.74 Å². The van der Waals surface area contributed by atoms with Gasteiger partial charge in [0, 0.05) is 17.3 Å². The summed E-state index contributed by atoms with van der Waals surface area (Å²) >= 11 is 3.49. The van der Waals surface area contributed by atoms with E-state index in [9.17, 15) is 8.78 Å². The number of hydrogen-bond acceptors (Lipinski definition) is 1. The van der Waals surface area contributed by atoms with E-state index in [2.05, 4.69) is 15.9 Å². The maximum atomic E-state index is 13.3. The van der Waals surface area contributed by atoms with Crippen LogP contribution in [0, 0.1) is 11.6 Å². The monoisotopic (exact) mass is 352 g/mol. The second-order valence-electron chi connectivity index (χ2n) is 5.34. The van der Waals surface area contributed by atoms with Gasteiger partial charge in [-0.05, 0) is 48.2 Å². The Kier molecular flexibility index (Phi) is 4.24. The topological polar surface area (TPSA) is 9.23 Å². The standard InChI is InChI=1S/C17H15BrF2O/c18-10-13(11-2-1-3-14(19)6-11)9-16-8-12-7-15(20)4-5-17(12)21-16/h1-7,13,16H,8-10H2. The first kappa shape index (κ1) is 14.5. The molecule has 2 unspecified atom stereocenters. The molecular formula is C17H15BrF2O. The highest BCUT2D eigenvalue weighted by Gasteiger charge is 2.26. The zero-order valence-electron chi connectivity index (χ0n) is 11.4. The van der Waals surface area contributed by atoms with E-state index in [1.807, 2.05) is 6.07 Å². The van der Waals surface area contributed by atoms with Crippen molar-refractivity contribution in [2.24, 2.45) is 0 Å². The van der Waals surface area contributed by atoms with Crippen molar-refractivity contribution in [2.45, 2.75) is 24.9 Å². The summed E-state index contributed by atoms with van der Waals surface area (Å²) in [6.45, 7) is 0. The van der Waals surface area contributed by atoms with Gasteiger partial charge in [-0.1, -0.05) is 28.1 Å². The molecule has 0 N–H and O–H groups in total. The molecule has 0 bridgehead atoms. The van der Waals surface area contributed by atoms with Crippen LogP contribution in [0.25, 0.3) is 0 Å². The highest BCUT2D eigenvalue weighted by molar-refractivity contribution is 9.09. The smallest absolute Gasteiger partial charge is 0.123 e. The highest BCUT2D eigenvalue weighted by Crippen LogP contribution is 2.34. The van der Waals surface area contributed by atoms with Crippen LogP contribution in [0.3, 0.4) is 0 Å². The summed E-state index contributed by atoms with van der Waals surface area (Å²) in [7, 11) is 0. The fraction of sp³-hybridized carbons (Fsp3) is 0.294. The first-order chi connectivity index (χ1) is 10.2. The van der Waals surface area contributed by atoms with E-state index >= 15 is 0 Å². The lowest BCUT2D eigenvalue weighted by atomic mass is 9.93. The molecule has 4 heteroatoms. The van der Waals surface area contributed by atoms with E-state index in [1.165, 1.54) is 18.2 Å². The SMILES string of the molecule is Fc1cccc(C(CBr)CC2Cc3cc(F)ccc3O2)c1. The summed E-state index contributed by atoms with van der Waals surface area (Å²) in [5, 5.41) is 0.737. The van der Waals surface area contributed by atoms with Gasteiger partial charge in [0.1, 0.15) is 23.5 Å². The van der Waals surface area contributed by atoms with Crippen LogP contribution in [0.15, 0.2) is 42.5 Å². The van der Waals surface area contributed by atoms with Crippen LogP contribution in [0.4, 0.5) is 8.78 Å². The zero-order valence-corrected chi connectivity index (χ0v) is 12.9. The predicted molar refractivity (Wildman–Crippen MR) is 82.1 cm³/mol. The van der Waals surface area contributed by atoms with Gasteiger partial charge in [0.05, 0.1) is 0 Å². The van der Waals surface area contributed by atoms with Crippen LogP contribution in [0.1, 0.15) is 23.5 Å². The minimum Gasteiger partial charge on any atom is -0.490 e. The van der Waals surface area contributed by atoms with Gasteiger partial charge in [-0.25, -0.2) is 8.78 Å². The van der Waals surface area contributed by atoms with Crippen molar-refractivity contribution < 1.29 is 13.5 Å². The molecule has 110 valence electrons. The Bertz CT molecular complexity index is 644. The number of halogens is 3. The summed E-state index contributed by atoms with van der Waals surface area (Å²) < 4.78 is 32.4. The average Bonchev–Trinajstić information content (AvgIpc) is 2.86. The zero-order chi connectivity index (χ0) is 14.8. The van der Waals surface area contributed by atoms with E-state index in [0.29, 0.717) is 6.42 Å². The second-order valence-corrected chi connectivity index (χ2v) is 5.99. The third-order valence-corrected chi connectivity index (χ3v) is 4.60. The fourth-order valence-electron chi connectivity index (χ4n) is 2.79. The van der Waals surface area contributed by atoms with Crippen LogP contribution >= 0.6 is 15.9 Å². The Morgan fingerprint density at radius 1 is 1.14 bits per heavy atom. The van der Waals surface area contributed by atoms with Crippen molar-refractivity contribution in [1.82, 2.24) is 0 Å². The van der Waals surface area contributed by atoms with Crippen molar-refractivity contribution in [3.8, 4) is 5.75 Å². The third-order valence-electron chi connectivity index (χ3n) is 3.82. The molecule has 0 saturated carbocycles. The Labute approximate surface area is 131 Å². The Hall–Kier alpha value is -1.42. The van der Waals surface area contributed by atoms with Gasteiger partial charge in [0.25, 0.3) is 0 Å². The number of fused-ring (bicyclic) bond motifs is 1. The quantitative estimate of drug-likeness (QED) is 0.715. The van der Waals surface area contributed by atoms with E-state index in [1.54, 1.807) is 18.2 Å². The molecule has 21 heavy (non-hydrogen) atoms. The van der Waals surface area contributed by atoms with Crippen LogP contribution in [-0.4, -0.2) is 11.4 Å². The predicted octanol–water partition coefficient (Wildman–Crippen LogP) is 4.84. The van der Waals surface area contributed by atoms with E-state index in [-0.39, 0.29) is 23.7 Å². The Balaban J connectivity index is 1.72. The Morgan fingerprint density at radius 3 is 2.71 bits per heavy atom. The normalized spacial score (nSPS) is 18.1. The van der Waals surface area contributed by atoms with Crippen molar-refractivity contribution in [1.29, 1.82) is 0 Å². The number of rotatable bonds is 4. The Morgan fingerprint density at radius 2 is 1.95 bits per heavy atom. The van der Waals surface area contributed by atoms with Gasteiger partial charge >= 0.3 is 0 Å². The molecular weight excluding hydrogens is 338 g/mol. The molecule has 2 atom stereocenters. The lowest BCUT2D eigenvalue weighted by molar-refractivity contribution is 0.213. The largest absolute Gasteiger partial charge is 0.490 e. The molecule has 1 aliphatic rings. The maximum Gasteiger partial charge on any atom is 0.123 e. The molecule has 0 radical (unpaired) electrons. The van der Waals surface area contributed by atoms with Gasteiger partial charge < -0.3 is 4.74 Å². The first-order valence-corrected chi connectivity index (χ1v) is 8.04. The number of alkyl halides is 1. The van der Waals surface area contributed by atoms with Gasteiger partial charge in [0.15, 0.2) is 0 Å². The van der Waals surface area contributed by atoms with Gasteiger partial charge in [-0.3, -0.25) is 0 Å². The summed E-state index contributed by atoms with van der Waals surface area (Å²) in [5.74, 6) is 0.468. The number of ether oxygens (including phenoxy) is 1. The van der Waals surface area contributed by atoms with Crippen LogP contribution in [0.5, 0.6) is 5.75 Å². The lowest BCUT2D eigenvalue weighted by Crippen LogP contribution is -2.18. The minimum absolute atomic E-state index is 0.00705. The van der Waals surface area contributed by atoms with Gasteiger partial charge in [-0.2, -0.15) is 0 Å². The van der Waals surface area contributed by atoms with Crippen molar-refractivity contribution in [3.63, 3.8) is 0 Å². The molecule has 1 aliphatic heterocycles. The van der Waals surface area contributed by atoms with Crippen LogP contribution in [-0.2, 0) is 6.42 Å². The van der Waals surface area contributed by atoms with Gasteiger partial charge in [-0.15, -0.1) is 0 Å². The lowest BCUT2D eigenvalue weighted by Gasteiger charge is -2.19. The van der Waals surface area contributed by atoms with Crippen LogP contribution in [0.2, 0.25) is 0 Å². The molecule has 1 heterocycles. The van der Waals surface area contributed by atoms with Crippen molar-refractivity contribution in [2.75, 3.05) is 5.33 Å². The molecule has 0 fully saturated rings. The highest BCUT2D eigenvalue weighted by atomic mass is 79.9. The summed E-state index contributed by atoms with van der Waals surface area (Å²) in [6, 6.07) is 11.3. The van der Waals surface area contributed by atoms with E-state index < -0.39 is 0 Å². The van der Waals surface area contributed by atoms with E-state index in [4.69, 9.17) is 4.74 Å². The molecule has 2 aromatic carbocycles. The molecule has 2 aromatic rings. The molecule has 0 amide bonds. The molecule has 1 nitrogen and oxygen atoms in total.